The summed E-state index contributed by atoms with van der Waals surface area (Å²) >= 11 is 9.71. The Hall–Kier alpha value is -0.770. The number of carbonyl (C=O) groups is 1. The number of thiophene rings is 1. The molecule has 0 N–H and O–H groups in total. The Morgan fingerprint density at radius 3 is 2.75 bits per heavy atom. The van der Waals surface area contributed by atoms with Crippen LogP contribution < -0.4 is 0 Å². The van der Waals surface area contributed by atoms with Crippen LogP contribution in [0, 0.1) is 13.8 Å². The van der Waals surface area contributed by atoms with Crippen molar-refractivity contribution in [2.24, 2.45) is 0 Å². The van der Waals surface area contributed by atoms with Gasteiger partial charge in [-0.15, -0.1) is 11.3 Å². The fourth-order valence-corrected chi connectivity index (χ4v) is 4.96. The lowest BCUT2D eigenvalue weighted by Crippen LogP contribution is -2.02. The lowest BCUT2D eigenvalue weighted by Gasteiger charge is -2.08. The third-order valence-corrected chi connectivity index (χ3v) is 6.25. The molecule has 4 heteroatoms. The van der Waals surface area contributed by atoms with Crippen LogP contribution in [-0.4, -0.2) is 11.5 Å². The molecule has 2 heterocycles. The van der Waals surface area contributed by atoms with Gasteiger partial charge in [-0.25, -0.2) is 0 Å². The Morgan fingerprint density at radius 1 is 1.20 bits per heavy atom. The van der Waals surface area contributed by atoms with Crippen LogP contribution in [-0.2, 0) is 12.2 Å². The van der Waals surface area contributed by atoms with Crippen LogP contribution in [0.3, 0.4) is 0 Å². The predicted octanol–water partition coefficient (Wildman–Crippen LogP) is 5.04. The molecular formula is C16H15ClOS2. The molecule has 0 atom stereocenters. The number of carbonyl (C=O) groups excluding carboxylic acids is 1. The fourth-order valence-electron chi connectivity index (χ4n) is 2.42. The second kappa shape index (κ2) is 5.55. The van der Waals surface area contributed by atoms with Crippen molar-refractivity contribution < 1.29 is 4.79 Å². The molecule has 0 unspecified atom stereocenters. The number of ketones is 1. The summed E-state index contributed by atoms with van der Waals surface area (Å²) in [6, 6.07) is 5.87. The van der Waals surface area contributed by atoms with E-state index in [0.29, 0.717) is 0 Å². The Labute approximate surface area is 132 Å². The summed E-state index contributed by atoms with van der Waals surface area (Å²) in [5, 5.41) is 0.723. The molecule has 0 spiro atoms. The number of thioether (sulfide) groups is 1. The molecule has 1 aromatic heterocycles. The minimum Gasteiger partial charge on any atom is -0.288 e. The molecule has 0 saturated heterocycles. The van der Waals surface area contributed by atoms with Crippen molar-refractivity contribution >= 4 is 40.5 Å². The van der Waals surface area contributed by atoms with Crippen molar-refractivity contribution in [1.82, 2.24) is 0 Å². The lowest BCUT2D eigenvalue weighted by molar-refractivity contribution is 0.104. The lowest BCUT2D eigenvalue weighted by atomic mass is 10.0. The summed E-state index contributed by atoms with van der Waals surface area (Å²) in [6.07, 6.45) is 1.09. The van der Waals surface area contributed by atoms with E-state index in [1.165, 1.54) is 16.2 Å². The standard InChI is InChI=1S/C16H15ClOS2/c1-9-6-13(17)10(2)5-12(9)16(18)15-7-11-8-19-4-3-14(11)20-15/h5-7H,3-4,8H2,1-2H3. The van der Waals surface area contributed by atoms with Gasteiger partial charge in [0.2, 0.25) is 5.78 Å². The van der Waals surface area contributed by atoms with Gasteiger partial charge in [-0.05, 0) is 60.9 Å². The molecular weight excluding hydrogens is 308 g/mol. The van der Waals surface area contributed by atoms with E-state index >= 15 is 0 Å². The average Bonchev–Trinajstić information content (AvgIpc) is 2.86. The average molecular weight is 323 g/mol. The molecule has 3 rings (SSSR count). The highest BCUT2D eigenvalue weighted by molar-refractivity contribution is 7.98. The van der Waals surface area contributed by atoms with Gasteiger partial charge in [0.25, 0.3) is 0 Å². The minimum absolute atomic E-state index is 0.131. The Bertz CT molecular complexity index is 665. The van der Waals surface area contributed by atoms with Crippen LogP contribution in [0.5, 0.6) is 0 Å². The van der Waals surface area contributed by atoms with Crippen LogP contribution in [0.2, 0.25) is 5.02 Å². The monoisotopic (exact) mass is 322 g/mol. The highest BCUT2D eigenvalue weighted by atomic mass is 35.5. The van der Waals surface area contributed by atoms with Crippen LogP contribution in [0.4, 0.5) is 0 Å². The van der Waals surface area contributed by atoms with E-state index in [1.54, 1.807) is 11.3 Å². The van der Waals surface area contributed by atoms with Gasteiger partial charge in [-0.2, -0.15) is 11.8 Å². The van der Waals surface area contributed by atoms with Gasteiger partial charge in [0.15, 0.2) is 0 Å². The van der Waals surface area contributed by atoms with Crippen molar-refractivity contribution in [3.05, 3.63) is 55.2 Å². The predicted molar refractivity (Wildman–Crippen MR) is 88.5 cm³/mol. The zero-order valence-electron chi connectivity index (χ0n) is 11.5. The molecule has 1 aliphatic heterocycles. The number of halogens is 1. The zero-order valence-corrected chi connectivity index (χ0v) is 13.8. The fraction of sp³-hybridized carbons (Fsp3) is 0.312. The maximum Gasteiger partial charge on any atom is 0.203 e. The topological polar surface area (TPSA) is 17.1 Å². The number of hydrogen-bond donors (Lipinski definition) is 0. The quantitative estimate of drug-likeness (QED) is 0.721. The summed E-state index contributed by atoms with van der Waals surface area (Å²) in [6.45, 7) is 3.89. The summed E-state index contributed by atoms with van der Waals surface area (Å²) in [4.78, 5) is 15.0. The Kier molecular flexibility index (Phi) is 3.93. The van der Waals surface area contributed by atoms with Crippen molar-refractivity contribution in [2.45, 2.75) is 26.0 Å². The molecule has 1 nitrogen and oxygen atoms in total. The summed E-state index contributed by atoms with van der Waals surface area (Å²) in [5.41, 5.74) is 4.03. The molecule has 0 amide bonds. The highest BCUT2D eigenvalue weighted by Gasteiger charge is 2.20. The van der Waals surface area contributed by atoms with Crippen LogP contribution in [0.25, 0.3) is 0 Å². The first kappa shape index (κ1) is 14.2. The van der Waals surface area contributed by atoms with E-state index < -0.39 is 0 Å². The van der Waals surface area contributed by atoms with Gasteiger partial charge >= 0.3 is 0 Å². The van der Waals surface area contributed by atoms with Gasteiger partial charge < -0.3 is 0 Å². The molecule has 20 heavy (non-hydrogen) atoms. The van der Waals surface area contributed by atoms with E-state index in [2.05, 4.69) is 6.07 Å². The first-order chi connectivity index (χ1) is 9.56. The van der Waals surface area contributed by atoms with Crippen molar-refractivity contribution in [3.8, 4) is 0 Å². The molecule has 2 aromatic rings. The van der Waals surface area contributed by atoms with Gasteiger partial charge in [0.05, 0.1) is 4.88 Å². The molecule has 1 aliphatic rings. The van der Waals surface area contributed by atoms with Gasteiger partial charge in [-0.3, -0.25) is 4.79 Å². The van der Waals surface area contributed by atoms with Gasteiger partial charge in [-0.1, -0.05) is 11.6 Å². The molecule has 0 fully saturated rings. The molecule has 0 radical (unpaired) electrons. The molecule has 1 aromatic carbocycles. The van der Waals surface area contributed by atoms with E-state index in [9.17, 15) is 4.79 Å². The van der Waals surface area contributed by atoms with E-state index in [0.717, 1.165) is 38.8 Å². The van der Waals surface area contributed by atoms with E-state index in [1.807, 2.05) is 37.7 Å². The maximum absolute atomic E-state index is 12.7. The normalized spacial score (nSPS) is 14.2. The second-order valence-corrected chi connectivity index (χ2v) is 7.76. The van der Waals surface area contributed by atoms with E-state index in [4.69, 9.17) is 11.6 Å². The number of benzene rings is 1. The highest BCUT2D eigenvalue weighted by Crippen LogP contribution is 2.33. The molecule has 0 aliphatic carbocycles. The third kappa shape index (κ3) is 2.54. The van der Waals surface area contributed by atoms with Crippen molar-refractivity contribution in [3.63, 3.8) is 0 Å². The smallest absolute Gasteiger partial charge is 0.203 e. The Balaban J connectivity index is 2.00. The molecule has 0 saturated carbocycles. The summed E-state index contributed by atoms with van der Waals surface area (Å²) in [7, 11) is 0. The molecule has 104 valence electrons. The first-order valence-electron chi connectivity index (χ1n) is 6.57. The van der Waals surface area contributed by atoms with E-state index in [-0.39, 0.29) is 5.78 Å². The minimum atomic E-state index is 0.131. The van der Waals surface area contributed by atoms with Crippen molar-refractivity contribution in [1.29, 1.82) is 0 Å². The first-order valence-corrected chi connectivity index (χ1v) is 8.92. The maximum atomic E-state index is 12.7. The summed E-state index contributed by atoms with van der Waals surface area (Å²) < 4.78 is 0. The second-order valence-electron chi connectivity index (χ2n) is 5.11. The largest absolute Gasteiger partial charge is 0.288 e. The third-order valence-electron chi connectivity index (χ3n) is 3.60. The zero-order chi connectivity index (χ0) is 14.3. The number of rotatable bonds is 2. The van der Waals surface area contributed by atoms with Crippen LogP contribution in [0.15, 0.2) is 18.2 Å². The van der Waals surface area contributed by atoms with Crippen LogP contribution >= 0.6 is 34.7 Å². The van der Waals surface area contributed by atoms with Crippen molar-refractivity contribution in [2.75, 3.05) is 5.75 Å². The van der Waals surface area contributed by atoms with Crippen LogP contribution in [0.1, 0.15) is 36.8 Å². The van der Waals surface area contributed by atoms with Gasteiger partial charge in [0.1, 0.15) is 0 Å². The molecule has 0 bridgehead atoms. The summed E-state index contributed by atoms with van der Waals surface area (Å²) in [5.74, 6) is 2.34. The number of fused-ring (bicyclic) bond motifs is 1. The Morgan fingerprint density at radius 2 is 2.00 bits per heavy atom. The number of hydrogen-bond acceptors (Lipinski definition) is 3. The van der Waals surface area contributed by atoms with Gasteiger partial charge in [0, 0.05) is 21.2 Å². The number of aryl methyl sites for hydroxylation is 3. The SMILES string of the molecule is Cc1cc(C(=O)c2cc3c(s2)CCSC3)c(C)cc1Cl.